The number of hydrogen-bond donors (Lipinski definition) is 2. The van der Waals surface area contributed by atoms with E-state index in [1.54, 1.807) is 6.92 Å². The molecule has 1 aromatic carbocycles. The van der Waals surface area contributed by atoms with Crippen LogP contribution in [0, 0.1) is 18.3 Å². The van der Waals surface area contributed by atoms with Crippen LogP contribution >= 0.6 is 0 Å². The van der Waals surface area contributed by atoms with E-state index >= 15 is 0 Å². The molecule has 6 heteroatoms. The molecule has 0 bridgehead atoms. The lowest BCUT2D eigenvalue weighted by Gasteiger charge is -2.04. The molecule has 0 aliphatic carbocycles. The quantitative estimate of drug-likeness (QED) is 0.503. The normalized spacial score (nSPS) is 10.9. The minimum Gasteiger partial charge on any atom is -0.462 e. The fraction of sp³-hybridized carbons (Fsp3) is 0.188. The number of esters is 1. The smallest absolute Gasteiger partial charge is 0.350 e. The number of aromatic amines is 1. The van der Waals surface area contributed by atoms with E-state index in [-0.39, 0.29) is 12.2 Å². The average Bonchev–Trinajstić information content (AvgIpc) is 2.90. The molecule has 0 atom stereocenters. The number of anilines is 1. The largest absolute Gasteiger partial charge is 0.462 e. The molecule has 1 aromatic heterocycles. The van der Waals surface area contributed by atoms with Gasteiger partial charge in [0.1, 0.15) is 6.07 Å². The highest BCUT2D eigenvalue weighted by molar-refractivity contribution is 5.93. The summed E-state index contributed by atoms with van der Waals surface area (Å²) in [4.78, 5) is 11.6. The second-order valence-corrected chi connectivity index (χ2v) is 4.47. The van der Waals surface area contributed by atoms with Crippen LogP contribution in [0.5, 0.6) is 0 Å². The summed E-state index contributed by atoms with van der Waals surface area (Å²) in [6, 6.07) is 11.5. The fourth-order valence-corrected chi connectivity index (χ4v) is 1.98. The maximum atomic E-state index is 11.6. The zero-order valence-corrected chi connectivity index (χ0v) is 12.4. The Kier molecular flexibility index (Phi) is 4.94. The summed E-state index contributed by atoms with van der Waals surface area (Å²) in [7, 11) is 0. The van der Waals surface area contributed by atoms with Gasteiger partial charge in [-0.05, 0) is 19.4 Å². The molecule has 22 heavy (non-hydrogen) atoms. The molecule has 2 aromatic rings. The van der Waals surface area contributed by atoms with Gasteiger partial charge < -0.3 is 10.1 Å². The predicted octanol–water partition coefficient (Wildman–Crippen LogP) is 2.77. The number of H-pyrrole nitrogens is 1. The van der Waals surface area contributed by atoms with Gasteiger partial charge in [0.2, 0.25) is 0 Å². The van der Waals surface area contributed by atoms with Crippen LogP contribution in [0.1, 0.15) is 12.6 Å². The van der Waals surface area contributed by atoms with E-state index in [2.05, 4.69) is 15.5 Å². The lowest BCUT2D eigenvalue weighted by molar-refractivity contribution is -0.138. The first-order valence-corrected chi connectivity index (χ1v) is 6.81. The van der Waals surface area contributed by atoms with Crippen LogP contribution < -0.4 is 5.32 Å². The number of aromatic nitrogens is 2. The molecule has 0 saturated carbocycles. The molecule has 0 spiro atoms. The molecule has 0 fully saturated rings. The van der Waals surface area contributed by atoms with Crippen LogP contribution in [-0.2, 0) is 9.53 Å². The van der Waals surface area contributed by atoms with Crippen molar-refractivity contribution in [1.82, 2.24) is 10.2 Å². The summed E-state index contributed by atoms with van der Waals surface area (Å²) < 4.78 is 4.81. The number of aryl methyl sites for hydroxylation is 1. The second kappa shape index (κ2) is 7.09. The molecule has 0 unspecified atom stereocenters. The molecule has 6 nitrogen and oxygen atoms in total. The summed E-state index contributed by atoms with van der Waals surface area (Å²) >= 11 is 0. The Morgan fingerprint density at radius 1 is 1.45 bits per heavy atom. The van der Waals surface area contributed by atoms with Gasteiger partial charge in [-0.3, -0.25) is 5.10 Å². The third-order valence-electron chi connectivity index (χ3n) is 2.98. The van der Waals surface area contributed by atoms with Crippen molar-refractivity contribution in [2.24, 2.45) is 0 Å². The highest BCUT2D eigenvalue weighted by atomic mass is 16.5. The number of nitrogens with zero attached hydrogens (tertiary/aromatic N) is 2. The van der Waals surface area contributed by atoms with Gasteiger partial charge in [0.15, 0.2) is 11.4 Å². The lowest BCUT2D eigenvalue weighted by atomic mass is 10.1. The van der Waals surface area contributed by atoms with Crippen LogP contribution in [0.2, 0.25) is 0 Å². The molecule has 0 aliphatic heterocycles. The topological polar surface area (TPSA) is 90.8 Å². The van der Waals surface area contributed by atoms with Gasteiger partial charge in [0, 0.05) is 17.5 Å². The predicted molar refractivity (Wildman–Crippen MR) is 82.7 cm³/mol. The van der Waals surface area contributed by atoms with Gasteiger partial charge in [-0.25, -0.2) is 4.79 Å². The molecule has 0 aliphatic rings. The Bertz CT molecular complexity index is 726. The van der Waals surface area contributed by atoms with Gasteiger partial charge >= 0.3 is 5.97 Å². The van der Waals surface area contributed by atoms with Crippen molar-refractivity contribution in [3.8, 4) is 17.2 Å². The van der Waals surface area contributed by atoms with Crippen LogP contribution in [0.25, 0.3) is 11.1 Å². The van der Waals surface area contributed by atoms with Gasteiger partial charge in [-0.15, -0.1) is 0 Å². The number of benzene rings is 1. The second-order valence-electron chi connectivity index (χ2n) is 4.47. The molecule has 0 radical (unpaired) electrons. The van der Waals surface area contributed by atoms with Gasteiger partial charge in [-0.1, -0.05) is 30.3 Å². The SMILES string of the molecule is CCOC(=O)/C(C#N)=C\Nc1n[nH]c(C)c1-c1ccccc1. The third kappa shape index (κ3) is 3.33. The standard InChI is InChI=1S/C16H16N4O2/c1-3-22-16(21)13(9-17)10-18-15-14(11(2)19-20-15)12-7-5-4-6-8-12/h4-8,10H,3H2,1-2H3,(H2,18,19,20)/b13-10-. The Morgan fingerprint density at radius 3 is 2.82 bits per heavy atom. The molecule has 112 valence electrons. The van der Waals surface area contributed by atoms with E-state index < -0.39 is 5.97 Å². The number of carbonyl (C=O) groups is 1. The van der Waals surface area contributed by atoms with E-state index in [1.165, 1.54) is 6.20 Å². The average molecular weight is 296 g/mol. The monoisotopic (exact) mass is 296 g/mol. The van der Waals surface area contributed by atoms with E-state index in [4.69, 9.17) is 10.00 Å². The summed E-state index contributed by atoms with van der Waals surface area (Å²) in [5.74, 6) is -0.119. The van der Waals surface area contributed by atoms with Crippen molar-refractivity contribution in [2.75, 3.05) is 11.9 Å². The molecular formula is C16H16N4O2. The zero-order chi connectivity index (χ0) is 15.9. The number of hydrogen-bond acceptors (Lipinski definition) is 5. The van der Waals surface area contributed by atoms with Crippen molar-refractivity contribution >= 4 is 11.8 Å². The maximum absolute atomic E-state index is 11.6. The van der Waals surface area contributed by atoms with Gasteiger partial charge in [-0.2, -0.15) is 10.4 Å². The molecule has 2 rings (SSSR count). The van der Waals surface area contributed by atoms with Gasteiger partial charge in [0.05, 0.1) is 6.61 Å². The van der Waals surface area contributed by atoms with Crippen LogP contribution in [0.15, 0.2) is 42.1 Å². The Labute approximate surface area is 128 Å². The Hall–Kier alpha value is -3.07. The van der Waals surface area contributed by atoms with Crippen molar-refractivity contribution < 1.29 is 9.53 Å². The number of nitrogens with one attached hydrogen (secondary N) is 2. The van der Waals surface area contributed by atoms with E-state index in [9.17, 15) is 4.79 Å². The molecule has 0 amide bonds. The summed E-state index contributed by atoms with van der Waals surface area (Å²) in [6.07, 6.45) is 1.31. The highest BCUT2D eigenvalue weighted by Gasteiger charge is 2.13. The number of nitriles is 1. The van der Waals surface area contributed by atoms with Crippen LogP contribution in [-0.4, -0.2) is 22.8 Å². The molecule has 2 N–H and O–H groups in total. The van der Waals surface area contributed by atoms with E-state index in [1.807, 2.05) is 43.3 Å². The van der Waals surface area contributed by atoms with Crippen LogP contribution in [0.4, 0.5) is 5.82 Å². The van der Waals surface area contributed by atoms with Gasteiger partial charge in [0.25, 0.3) is 0 Å². The summed E-state index contributed by atoms with van der Waals surface area (Å²) in [5, 5.41) is 19.0. The number of carbonyl (C=O) groups excluding carboxylic acids is 1. The summed E-state index contributed by atoms with van der Waals surface area (Å²) in [5.41, 5.74) is 2.65. The molecular weight excluding hydrogens is 280 g/mol. The lowest BCUT2D eigenvalue weighted by Crippen LogP contribution is -2.08. The highest BCUT2D eigenvalue weighted by Crippen LogP contribution is 2.29. The van der Waals surface area contributed by atoms with Crippen molar-refractivity contribution in [1.29, 1.82) is 5.26 Å². The maximum Gasteiger partial charge on any atom is 0.350 e. The van der Waals surface area contributed by atoms with E-state index in [0.717, 1.165) is 16.8 Å². The van der Waals surface area contributed by atoms with Crippen molar-refractivity contribution in [3.05, 3.63) is 47.8 Å². The zero-order valence-electron chi connectivity index (χ0n) is 12.4. The minimum atomic E-state index is -0.661. The molecule has 1 heterocycles. The number of ether oxygens (including phenoxy) is 1. The van der Waals surface area contributed by atoms with Crippen LogP contribution in [0.3, 0.4) is 0 Å². The first-order valence-electron chi connectivity index (χ1n) is 6.81. The first kappa shape index (κ1) is 15.3. The Balaban J connectivity index is 2.28. The van der Waals surface area contributed by atoms with Crippen molar-refractivity contribution in [3.63, 3.8) is 0 Å². The van der Waals surface area contributed by atoms with E-state index in [0.29, 0.717) is 5.82 Å². The Morgan fingerprint density at radius 2 is 2.18 bits per heavy atom. The number of rotatable bonds is 5. The fourth-order valence-electron chi connectivity index (χ4n) is 1.98. The minimum absolute atomic E-state index is 0.110. The van der Waals surface area contributed by atoms with Crippen molar-refractivity contribution in [2.45, 2.75) is 13.8 Å². The summed E-state index contributed by atoms with van der Waals surface area (Å²) in [6.45, 7) is 3.81. The molecule has 0 saturated heterocycles. The first-order chi connectivity index (χ1) is 10.7. The third-order valence-corrected chi connectivity index (χ3v) is 2.98.